The minimum atomic E-state index is -0.442. The molecule has 0 bridgehead atoms. The summed E-state index contributed by atoms with van der Waals surface area (Å²) in [6.07, 6.45) is 2.47. The lowest BCUT2D eigenvalue weighted by Crippen LogP contribution is -2.24. The van der Waals surface area contributed by atoms with Gasteiger partial charge < -0.3 is 20.7 Å². The van der Waals surface area contributed by atoms with Crippen LogP contribution in [0.1, 0.15) is 23.7 Å². The lowest BCUT2D eigenvalue weighted by atomic mass is 10.2. The van der Waals surface area contributed by atoms with Gasteiger partial charge in [0.15, 0.2) is 0 Å². The molecule has 0 fully saturated rings. The molecule has 0 saturated carbocycles. The minimum absolute atomic E-state index is 0.196. The number of carbonyl (C=O) groups excluding carboxylic acids is 1. The summed E-state index contributed by atoms with van der Waals surface area (Å²) >= 11 is 0. The number of ether oxygens (including phenoxy) is 1. The van der Waals surface area contributed by atoms with Crippen LogP contribution in [0, 0.1) is 0 Å². The van der Waals surface area contributed by atoms with Gasteiger partial charge >= 0.3 is 5.97 Å². The summed E-state index contributed by atoms with van der Waals surface area (Å²) < 4.78 is 4.73. The maximum Gasteiger partial charge on any atom is 0.341 e. The molecule has 1 atom stereocenters. The SMILES string of the molecule is COC(=O)c1cc(N)cnc1NC(C)CCN(C)C. The van der Waals surface area contributed by atoms with Gasteiger partial charge in [-0.3, -0.25) is 0 Å². The van der Waals surface area contributed by atoms with E-state index in [0.29, 0.717) is 17.1 Å². The Morgan fingerprint density at radius 3 is 2.84 bits per heavy atom. The molecule has 6 nitrogen and oxygen atoms in total. The molecule has 1 rings (SSSR count). The molecule has 0 amide bonds. The molecule has 1 aromatic rings. The van der Waals surface area contributed by atoms with Gasteiger partial charge in [0.05, 0.1) is 19.0 Å². The van der Waals surface area contributed by atoms with Crippen molar-refractivity contribution in [1.29, 1.82) is 0 Å². The van der Waals surface area contributed by atoms with E-state index >= 15 is 0 Å². The summed E-state index contributed by atoms with van der Waals surface area (Å²) in [7, 11) is 5.38. The summed E-state index contributed by atoms with van der Waals surface area (Å²) in [6, 6.07) is 1.77. The van der Waals surface area contributed by atoms with Crippen LogP contribution < -0.4 is 11.1 Å². The van der Waals surface area contributed by atoms with Crippen LogP contribution in [-0.4, -0.2) is 49.6 Å². The van der Waals surface area contributed by atoms with Crippen molar-refractivity contribution >= 4 is 17.5 Å². The first-order valence-corrected chi connectivity index (χ1v) is 6.19. The van der Waals surface area contributed by atoms with Crippen molar-refractivity contribution in [2.75, 3.05) is 38.8 Å². The largest absolute Gasteiger partial charge is 0.465 e. The third kappa shape index (κ3) is 4.75. The van der Waals surface area contributed by atoms with Crippen LogP contribution >= 0.6 is 0 Å². The zero-order valence-corrected chi connectivity index (χ0v) is 11.9. The molecule has 0 aliphatic carbocycles. The molecule has 1 aromatic heterocycles. The molecule has 1 heterocycles. The van der Waals surface area contributed by atoms with Gasteiger partial charge in [-0.15, -0.1) is 0 Å². The molecule has 3 N–H and O–H groups in total. The number of carbonyl (C=O) groups is 1. The Balaban J connectivity index is 2.79. The number of nitrogens with two attached hydrogens (primary N) is 1. The maximum atomic E-state index is 11.7. The van der Waals surface area contributed by atoms with E-state index in [1.54, 1.807) is 6.07 Å². The minimum Gasteiger partial charge on any atom is -0.465 e. The highest BCUT2D eigenvalue weighted by molar-refractivity contribution is 5.95. The van der Waals surface area contributed by atoms with Crippen molar-refractivity contribution in [3.63, 3.8) is 0 Å². The number of nitrogens with zero attached hydrogens (tertiary/aromatic N) is 2. The molecule has 0 aliphatic rings. The van der Waals surface area contributed by atoms with Gasteiger partial charge in [-0.2, -0.15) is 0 Å². The molecule has 106 valence electrons. The van der Waals surface area contributed by atoms with E-state index in [0.717, 1.165) is 13.0 Å². The number of nitrogen functional groups attached to an aromatic ring is 1. The summed E-state index contributed by atoms with van der Waals surface area (Å²) in [5.74, 6) is 0.0643. The van der Waals surface area contributed by atoms with Crippen molar-refractivity contribution in [1.82, 2.24) is 9.88 Å². The molecule has 0 aliphatic heterocycles. The summed E-state index contributed by atoms with van der Waals surface area (Å²) in [4.78, 5) is 17.9. The maximum absolute atomic E-state index is 11.7. The van der Waals surface area contributed by atoms with E-state index in [9.17, 15) is 4.79 Å². The number of esters is 1. The van der Waals surface area contributed by atoms with E-state index in [2.05, 4.69) is 15.2 Å². The summed E-state index contributed by atoms with van der Waals surface area (Å²) in [6.45, 7) is 3.00. The first kappa shape index (κ1) is 15.2. The smallest absolute Gasteiger partial charge is 0.341 e. The average Bonchev–Trinajstić information content (AvgIpc) is 2.37. The molecule has 0 saturated heterocycles. The van der Waals surface area contributed by atoms with Crippen LogP contribution in [0.4, 0.5) is 11.5 Å². The average molecular weight is 266 g/mol. The third-order valence-corrected chi connectivity index (χ3v) is 2.71. The first-order chi connectivity index (χ1) is 8.93. The van der Waals surface area contributed by atoms with Crippen molar-refractivity contribution in [2.24, 2.45) is 0 Å². The number of nitrogens with one attached hydrogen (secondary N) is 1. The predicted octanol–water partition coefficient (Wildman–Crippen LogP) is 1.20. The van der Waals surface area contributed by atoms with E-state index in [1.807, 2.05) is 21.0 Å². The number of pyridine rings is 1. The van der Waals surface area contributed by atoms with Gasteiger partial charge in [-0.25, -0.2) is 9.78 Å². The van der Waals surface area contributed by atoms with E-state index < -0.39 is 5.97 Å². The molecule has 0 radical (unpaired) electrons. The van der Waals surface area contributed by atoms with Gasteiger partial charge in [0.1, 0.15) is 11.4 Å². The molecule has 0 spiro atoms. The quantitative estimate of drug-likeness (QED) is 0.753. The van der Waals surface area contributed by atoms with Crippen LogP contribution in [-0.2, 0) is 4.74 Å². The molecule has 0 aromatic carbocycles. The number of anilines is 2. The standard InChI is InChI=1S/C13H22N4O2/c1-9(5-6-17(2)3)16-12-11(13(18)19-4)7-10(14)8-15-12/h7-9H,5-6,14H2,1-4H3,(H,15,16). The van der Waals surface area contributed by atoms with Gasteiger partial charge in [-0.1, -0.05) is 0 Å². The zero-order valence-electron chi connectivity index (χ0n) is 11.9. The van der Waals surface area contributed by atoms with Crippen LogP contribution in [0.2, 0.25) is 0 Å². The third-order valence-electron chi connectivity index (χ3n) is 2.71. The highest BCUT2D eigenvalue weighted by atomic mass is 16.5. The number of hydrogen-bond donors (Lipinski definition) is 2. The van der Waals surface area contributed by atoms with Gasteiger partial charge in [-0.05, 0) is 40.1 Å². The predicted molar refractivity (Wildman–Crippen MR) is 76.2 cm³/mol. The van der Waals surface area contributed by atoms with Crippen molar-refractivity contribution in [2.45, 2.75) is 19.4 Å². The molecular weight excluding hydrogens is 244 g/mol. The van der Waals surface area contributed by atoms with Gasteiger partial charge in [0.25, 0.3) is 0 Å². The van der Waals surface area contributed by atoms with Gasteiger partial charge in [0.2, 0.25) is 0 Å². The number of rotatable bonds is 6. The number of hydrogen-bond acceptors (Lipinski definition) is 6. The fraction of sp³-hybridized carbons (Fsp3) is 0.538. The topological polar surface area (TPSA) is 80.5 Å². The van der Waals surface area contributed by atoms with Crippen LogP contribution in [0.15, 0.2) is 12.3 Å². The lowest BCUT2D eigenvalue weighted by molar-refractivity contribution is 0.0601. The highest BCUT2D eigenvalue weighted by Gasteiger charge is 2.15. The van der Waals surface area contributed by atoms with Crippen molar-refractivity contribution < 1.29 is 9.53 Å². The second kappa shape index (κ2) is 6.94. The Bertz CT molecular complexity index is 435. The Kier molecular flexibility index (Phi) is 5.57. The monoisotopic (exact) mass is 266 g/mol. The number of aromatic nitrogens is 1. The molecule has 19 heavy (non-hydrogen) atoms. The number of methoxy groups -OCH3 is 1. The second-order valence-corrected chi connectivity index (χ2v) is 4.79. The second-order valence-electron chi connectivity index (χ2n) is 4.79. The molecule has 6 heteroatoms. The fourth-order valence-corrected chi connectivity index (χ4v) is 1.62. The normalized spacial score (nSPS) is 12.3. The van der Waals surface area contributed by atoms with Gasteiger partial charge in [0, 0.05) is 6.04 Å². The van der Waals surface area contributed by atoms with E-state index in [1.165, 1.54) is 13.3 Å². The Labute approximate surface area is 113 Å². The molecule has 1 unspecified atom stereocenters. The van der Waals surface area contributed by atoms with Crippen LogP contribution in [0.5, 0.6) is 0 Å². The van der Waals surface area contributed by atoms with Crippen LogP contribution in [0.3, 0.4) is 0 Å². The highest BCUT2D eigenvalue weighted by Crippen LogP contribution is 2.18. The Morgan fingerprint density at radius 2 is 2.26 bits per heavy atom. The molecular formula is C13H22N4O2. The lowest BCUT2D eigenvalue weighted by Gasteiger charge is -2.18. The van der Waals surface area contributed by atoms with Crippen molar-refractivity contribution in [3.8, 4) is 0 Å². The summed E-state index contributed by atoms with van der Waals surface area (Å²) in [5, 5.41) is 3.21. The Hall–Kier alpha value is -1.82. The van der Waals surface area contributed by atoms with Crippen molar-refractivity contribution in [3.05, 3.63) is 17.8 Å². The Morgan fingerprint density at radius 1 is 1.58 bits per heavy atom. The first-order valence-electron chi connectivity index (χ1n) is 6.19. The van der Waals surface area contributed by atoms with E-state index in [4.69, 9.17) is 10.5 Å². The van der Waals surface area contributed by atoms with Crippen LogP contribution in [0.25, 0.3) is 0 Å². The zero-order chi connectivity index (χ0) is 14.4. The van der Waals surface area contributed by atoms with E-state index in [-0.39, 0.29) is 6.04 Å². The summed E-state index contributed by atoms with van der Waals surface area (Å²) in [5.41, 5.74) is 6.44. The fourth-order valence-electron chi connectivity index (χ4n) is 1.62.